The van der Waals surface area contributed by atoms with E-state index in [1.54, 1.807) is 0 Å². The quantitative estimate of drug-likeness (QED) is 0.660. The highest BCUT2D eigenvalue weighted by Gasteiger charge is 2.20. The molecular weight excluding hydrogens is 172 g/mol. The lowest BCUT2D eigenvalue weighted by Crippen LogP contribution is -2.39. The lowest BCUT2D eigenvalue weighted by atomic mass is 10.0. The van der Waals surface area contributed by atoms with Crippen molar-refractivity contribution in [1.29, 1.82) is 0 Å². The van der Waals surface area contributed by atoms with Gasteiger partial charge in [0.1, 0.15) is 6.04 Å². The van der Waals surface area contributed by atoms with Crippen LogP contribution in [0.15, 0.2) is 5.18 Å². The van der Waals surface area contributed by atoms with Crippen molar-refractivity contribution in [2.75, 3.05) is 0 Å². The minimum Gasteiger partial charge on any atom is -0.344 e. The fourth-order valence-electron chi connectivity index (χ4n) is 1.00. The van der Waals surface area contributed by atoms with Crippen LogP contribution in [0, 0.1) is 10.8 Å². The number of hydrogen-bond donors (Lipinski definition) is 1. The Labute approximate surface area is 76.9 Å². The normalized spacial score (nSPS) is 12.3. The average molecular weight is 186 g/mol. The Morgan fingerprint density at radius 2 is 1.92 bits per heavy atom. The molecule has 0 spiro atoms. The van der Waals surface area contributed by atoms with Gasteiger partial charge in [-0.15, -0.1) is 4.91 Å². The molecule has 0 bridgehead atoms. The summed E-state index contributed by atoms with van der Waals surface area (Å²) in [7, 11) is 0. The third-order valence-corrected chi connectivity index (χ3v) is 1.47. The maximum atomic E-state index is 10.9. The van der Waals surface area contributed by atoms with E-state index in [1.807, 2.05) is 13.8 Å². The minimum atomic E-state index is -0.816. The molecule has 0 aliphatic carbocycles. The first kappa shape index (κ1) is 11.7. The van der Waals surface area contributed by atoms with Crippen molar-refractivity contribution < 1.29 is 9.59 Å². The van der Waals surface area contributed by atoms with Crippen molar-refractivity contribution in [1.82, 2.24) is 5.32 Å². The summed E-state index contributed by atoms with van der Waals surface area (Å²) in [6.07, 6.45) is 0.435. The first-order valence-electron chi connectivity index (χ1n) is 4.11. The van der Waals surface area contributed by atoms with Crippen LogP contribution in [0.2, 0.25) is 0 Å². The fraction of sp³-hybridized carbons (Fsp3) is 0.750. The van der Waals surface area contributed by atoms with E-state index >= 15 is 0 Å². The molecule has 0 aromatic carbocycles. The first-order chi connectivity index (χ1) is 5.97. The van der Waals surface area contributed by atoms with Gasteiger partial charge in [-0.1, -0.05) is 13.8 Å². The van der Waals surface area contributed by atoms with Gasteiger partial charge in [-0.3, -0.25) is 9.59 Å². The van der Waals surface area contributed by atoms with E-state index in [-0.39, 0.29) is 11.8 Å². The van der Waals surface area contributed by atoms with Crippen LogP contribution in [-0.4, -0.2) is 17.9 Å². The average Bonchev–Trinajstić information content (AvgIpc) is 2.00. The van der Waals surface area contributed by atoms with Crippen LogP contribution >= 0.6 is 0 Å². The van der Waals surface area contributed by atoms with E-state index in [2.05, 4.69) is 10.5 Å². The number of carbonyl (C=O) groups excluding carboxylic acids is 2. The van der Waals surface area contributed by atoms with Crippen molar-refractivity contribution in [3.05, 3.63) is 4.91 Å². The van der Waals surface area contributed by atoms with Crippen molar-refractivity contribution in [3.8, 4) is 0 Å². The molecule has 5 nitrogen and oxygen atoms in total. The van der Waals surface area contributed by atoms with Crippen LogP contribution in [0.25, 0.3) is 0 Å². The zero-order valence-electron chi connectivity index (χ0n) is 8.03. The first-order valence-corrected chi connectivity index (χ1v) is 4.11. The maximum absolute atomic E-state index is 10.9. The highest BCUT2D eigenvalue weighted by Crippen LogP contribution is 2.05. The van der Waals surface area contributed by atoms with Crippen LogP contribution in [0.4, 0.5) is 0 Å². The minimum absolute atomic E-state index is 0.225. The predicted octanol–water partition coefficient (Wildman–Crippen LogP) is 0.830. The lowest BCUT2D eigenvalue weighted by molar-refractivity contribution is -0.126. The van der Waals surface area contributed by atoms with Gasteiger partial charge >= 0.3 is 5.91 Å². The third-order valence-electron chi connectivity index (χ3n) is 1.47. The Kier molecular flexibility index (Phi) is 4.87. The van der Waals surface area contributed by atoms with E-state index in [1.165, 1.54) is 6.92 Å². The number of rotatable bonds is 4. The summed E-state index contributed by atoms with van der Waals surface area (Å²) in [5.74, 6) is -0.922. The number of hydrogen-bond acceptors (Lipinski definition) is 3. The Hall–Kier alpha value is -1.26. The second kappa shape index (κ2) is 5.40. The lowest BCUT2D eigenvalue weighted by Gasteiger charge is -2.14. The van der Waals surface area contributed by atoms with Gasteiger partial charge in [-0.2, -0.15) is 0 Å². The maximum Gasteiger partial charge on any atom is 0.308 e. The summed E-state index contributed by atoms with van der Waals surface area (Å²) in [4.78, 5) is 31.5. The Morgan fingerprint density at radius 1 is 1.38 bits per heavy atom. The van der Waals surface area contributed by atoms with Gasteiger partial charge in [0.25, 0.3) is 0 Å². The van der Waals surface area contributed by atoms with Crippen molar-refractivity contribution >= 4 is 11.8 Å². The smallest absolute Gasteiger partial charge is 0.308 e. The number of nitrogens with zero attached hydrogens (tertiary/aromatic N) is 1. The SMILES string of the molecule is CC(=O)NC(CC(C)C)C(=O)N=O. The van der Waals surface area contributed by atoms with Crippen LogP contribution in [0.3, 0.4) is 0 Å². The van der Waals surface area contributed by atoms with E-state index in [4.69, 9.17) is 0 Å². The molecule has 0 aromatic rings. The molecule has 13 heavy (non-hydrogen) atoms. The van der Waals surface area contributed by atoms with Crippen molar-refractivity contribution in [3.63, 3.8) is 0 Å². The molecule has 0 saturated heterocycles. The summed E-state index contributed by atoms with van der Waals surface area (Å²) in [5.41, 5.74) is 0. The molecule has 0 heterocycles. The molecule has 74 valence electrons. The van der Waals surface area contributed by atoms with Crippen LogP contribution in [-0.2, 0) is 9.59 Å². The van der Waals surface area contributed by atoms with E-state index in [0.29, 0.717) is 6.42 Å². The predicted molar refractivity (Wildman–Crippen MR) is 47.9 cm³/mol. The number of nitroso groups, excluding NO2 is 1. The highest BCUT2D eigenvalue weighted by atomic mass is 16.3. The molecule has 2 amide bonds. The fourth-order valence-corrected chi connectivity index (χ4v) is 1.00. The molecule has 1 N–H and O–H groups in total. The summed E-state index contributed by atoms with van der Waals surface area (Å²) in [6.45, 7) is 5.09. The number of nitrogens with one attached hydrogen (secondary N) is 1. The zero-order valence-corrected chi connectivity index (χ0v) is 8.03. The number of carbonyl (C=O) groups is 2. The van der Waals surface area contributed by atoms with Gasteiger partial charge in [-0.05, 0) is 12.3 Å². The molecule has 0 aromatic heterocycles. The molecule has 0 fully saturated rings. The third kappa shape index (κ3) is 5.05. The summed E-state index contributed by atoms with van der Waals surface area (Å²) >= 11 is 0. The summed E-state index contributed by atoms with van der Waals surface area (Å²) in [5, 5.41) is 4.67. The van der Waals surface area contributed by atoms with Crippen molar-refractivity contribution in [2.45, 2.75) is 33.2 Å². The van der Waals surface area contributed by atoms with Gasteiger partial charge in [-0.25, -0.2) is 0 Å². The second-order valence-electron chi connectivity index (χ2n) is 3.31. The van der Waals surface area contributed by atoms with Gasteiger partial charge in [0.05, 0.1) is 0 Å². The van der Waals surface area contributed by atoms with Gasteiger partial charge in [0, 0.05) is 12.1 Å². The zero-order chi connectivity index (χ0) is 10.4. The molecule has 0 aliphatic rings. The summed E-state index contributed by atoms with van der Waals surface area (Å²) in [6, 6.07) is -0.769. The summed E-state index contributed by atoms with van der Waals surface area (Å²) < 4.78 is 0. The monoisotopic (exact) mass is 186 g/mol. The molecule has 5 heteroatoms. The van der Waals surface area contributed by atoms with E-state index in [0.717, 1.165) is 0 Å². The molecule has 0 aliphatic heterocycles. The van der Waals surface area contributed by atoms with Crippen molar-refractivity contribution in [2.24, 2.45) is 11.1 Å². The molecule has 1 unspecified atom stereocenters. The topological polar surface area (TPSA) is 75.6 Å². The highest BCUT2D eigenvalue weighted by molar-refractivity contribution is 5.87. The van der Waals surface area contributed by atoms with Gasteiger partial charge in [0.15, 0.2) is 0 Å². The molecule has 0 radical (unpaired) electrons. The van der Waals surface area contributed by atoms with E-state index < -0.39 is 11.9 Å². The standard InChI is InChI=1S/C8H14N2O3/c1-5(2)4-7(8(12)10-13)9-6(3)11/h5,7H,4H2,1-3H3,(H,9,11). The second-order valence-corrected chi connectivity index (χ2v) is 3.31. The molecular formula is C8H14N2O3. The number of amides is 2. The Bertz CT molecular complexity index is 213. The van der Waals surface area contributed by atoms with Gasteiger partial charge < -0.3 is 5.32 Å². The van der Waals surface area contributed by atoms with E-state index in [9.17, 15) is 14.5 Å². The van der Waals surface area contributed by atoms with Crippen LogP contribution in [0.1, 0.15) is 27.2 Å². The Balaban J connectivity index is 4.26. The largest absolute Gasteiger partial charge is 0.344 e. The molecule has 0 rings (SSSR count). The van der Waals surface area contributed by atoms with Crippen LogP contribution < -0.4 is 5.32 Å². The van der Waals surface area contributed by atoms with Gasteiger partial charge in [0.2, 0.25) is 5.91 Å². The van der Waals surface area contributed by atoms with Crippen LogP contribution in [0.5, 0.6) is 0 Å². The molecule has 0 saturated carbocycles. The molecule has 1 atom stereocenters. The Morgan fingerprint density at radius 3 is 2.23 bits per heavy atom.